The maximum absolute atomic E-state index is 12.8. The second-order valence-electron chi connectivity index (χ2n) is 7.99. The molecule has 170 valence electrons. The first-order chi connectivity index (χ1) is 15.8. The Morgan fingerprint density at radius 3 is 2.52 bits per heavy atom. The Bertz CT molecular complexity index is 1240. The van der Waals surface area contributed by atoms with E-state index in [0.717, 1.165) is 5.56 Å². The van der Waals surface area contributed by atoms with Crippen molar-refractivity contribution in [2.75, 3.05) is 10.4 Å². The lowest BCUT2D eigenvalue weighted by Crippen LogP contribution is -2.47. The lowest BCUT2D eigenvalue weighted by Gasteiger charge is -2.36. The molecule has 1 atom stereocenters. The Hall–Kier alpha value is -3.95. The molecule has 2 aromatic carbocycles. The number of fused-ring (bicyclic) bond motifs is 1. The topological polar surface area (TPSA) is 124 Å². The average molecular weight is 448 g/mol. The number of rotatable bonds is 7. The number of hydrogen-bond donors (Lipinski definition) is 2. The molecule has 9 nitrogen and oxygen atoms in total. The second-order valence-corrected chi connectivity index (χ2v) is 7.99. The van der Waals surface area contributed by atoms with Crippen LogP contribution in [-0.4, -0.2) is 28.5 Å². The normalized spacial score (nSPS) is 15.3. The number of aromatic nitrogens is 1. The number of benzene rings is 2. The second kappa shape index (κ2) is 8.89. The van der Waals surface area contributed by atoms with Gasteiger partial charge in [0.1, 0.15) is 18.0 Å². The number of carbonyl (C=O) groups is 2. The van der Waals surface area contributed by atoms with Crippen molar-refractivity contribution < 1.29 is 19.1 Å². The fraction of sp³-hybridized carbons (Fsp3) is 0.208. The highest BCUT2D eigenvalue weighted by Gasteiger charge is 2.40. The number of nitrogens with one attached hydrogen (secondary N) is 2. The first-order valence-corrected chi connectivity index (χ1v) is 10.2. The molecule has 0 fully saturated rings. The molecular weight excluding hydrogens is 426 g/mol. The fourth-order valence-electron chi connectivity index (χ4n) is 3.33. The minimum atomic E-state index is -1.55. The standard InChI is InChI=1S/C24H22N3O6/c1-24(2,33-22-21(29)16-10-6-7-11-17(16)27(22)31)23(30)26-20-12-18(28)19(13-25-20)32-14-15-8-4-3-5-9-15/h3-13,22H,14H2,1-2H3,(H2,25,26,28,30)/q-1. The van der Waals surface area contributed by atoms with Crippen LogP contribution in [0.2, 0.25) is 0 Å². The van der Waals surface area contributed by atoms with Crippen molar-refractivity contribution in [2.45, 2.75) is 32.3 Å². The predicted octanol–water partition coefficient (Wildman–Crippen LogP) is 3.21. The van der Waals surface area contributed by atoms with Gasteiger partial charge in [-0.1, -0.05) is 42.5 Å². The van der Waals surface area contributed by atoms with Crippen LogP contribution in [0.3, 0.4) is 0 Å². The number of pyridine rings is 1. The lowest BCUT2D eigenvalue weighted by atomic mass is 10.1. The molecule has 33 heavy (non-hydrogen) atoms. The van der Waals surface area contributed by atoms with Crippen LogP contribution in [0.25, 0.3) is 0 Å². The van der Waals surface area contributed by atoms with E-state index in [4.69, 9.17) is 9.47 Å². The van der Waals surface area contributed by atoms with Crippen molar-refractivity contribution in [2.24, 2.45) is 0 Å². The number of aromatic amines is 1. The molecule has 3 aromatic rings. The molecule has 1 aromatic heterocycles. The fourth-order valence-corrected chi connectivity index (χ4v) is 3.33. The van der Waals surface area contributed by atoms with E-state index in [1.54, 1.807) is 12.1 Å². The molecule has 1 amide bonds. The number of anilines is 2. The van der Waals surface area contributed by atoms with Gasteiger partial charge in [-0.2, -0.15) is 0 Å². The number of carbonyl (C=O) groups excluding carboxylic acids is 2. The summed E-state index contributed by atoms with van der Waals surface area (Å²) in [4.78, 5) is 40.5. The molecule has 1 unspecified atom stereocenters. The van der Waals surface area contributed by atoms with Gasteiger partial charge in [0.15, 0.2) is 12.0 Å². The van der Waals surface area contributed by atoms with Crippen molar-refractivity contribution in [3.63, 3.8) is 0 Å². The van der Waals surface area contributed by atoms with Gasteiger partial charge in [-0.3, -0.25) is 14.4 Å². The van der Waals surface area contributed by atoms with E-state index >= 15 is 0 Å². The quantitative estimate of drug-likeness (QED) is 0.569. The van der Waals surface area contributed by atoms with Gasteiger partial charge in [0.05, 0.1) is 0 Å². The molecule has 9 heteroatoms. The highest BCUT2D eigenvalue weighted by atomic mass is 16.6. The molecule has 1 aliphatic heterocycles. The summed E-state index contributed by atoms with van der Waals surface area (Å²) in [7, 11) is 0. The number of H-pyrrole nitrogens is 1. The molecule has 0 spiro atoms. The third-order valence-electron chi connectivity index (χ3n) is 5.16. The zero-order valence-corrected chi connectivity index (χ0v) is 18.0. The third kappa shape index (κ3) is 4.64. The SMILES string of the molecule is CC(C)(OC1C(=O)c2ccccc2N1[O-])C(=O)Nc1cc(=O)c(OCc2ccccc2)c[nH]1. The highest BCUT2D eigenvalue weighted by molar-refractivity contribution is 6.10. The molecule has 0 aliphatic carbocycles. The summed E-state index contributed by atoms with van der Waals surface area (Å²) < 4.78 is 11.2. The highest BCUT2D eigenvalue weighted by Crippen LogP contribution is 2.33. The number of ketones is 1. The molecule has 2 N–H and O–H groups in total. The summed E-state index contributed by atoms with van der Waals surface area (Å²) in [6, 6.07) is 16.9. The van der Waals surface area contributed by atoms with E-state index in [9.17, 15) is 19.6 Å². The summed E-state index contributed by atoms with van der Waals surface area (Å²) >= 11 is 0. The Morgan fingerprint density at radius 1 is 1.12 bits per heavy atom. The number of amides is 1. The summed E-state index contributed by atoms with van der Waals surface area (Å²) in [5, 5.41) is 15.5. The Kier molecular flexibility index (Phi) is 5.99. The maximum Gasteiger partial charge on any atom is 0.257 e. The Labute approximate surface area is 189 Å². The van der Waals surface area contributed by atoms with Crippen molar-refractivity contribution in [3.05, 3.63) is 93.4 Å². The largest absolute Gasteiger partial charge is 0.756 e. The molecule has 0 radical (unpaired) electrons. The van der Waals surface area contributed by atoms with E-state index in [1.807, 2.05) is 30.3 Å². The third-order valence-corrected chi connectivity index (χ3v) is 5.16. The number of ether oxygens (including phenoxy) is 2. The van der Waals surface area contributed by atoms with Gasteiger partial charge in [-0.15, -0.1) is 0 Å². The van der Waals surface area contributed by atoms with Gasteiger partial charge in [0.2, 0.25) is 11.2 Å². The van der Waals surface area contributed by atoms with Gasteiger partial charge in [-0.05, 0) is 31.5 Å². The zero-order chi connectivity index (χ0) is 23.6. The predicted molar refractivity (Wildman–Crippen MR) is 122 cm³/mol. The van der Waals surface area contributed by atoms with Crippen LogP contribution in [0.15, 0.2) is 71.7 Å². The monoisotopic (exact) mass is 448 g/mol. The van der Waals surface area contributed by atoms with Crippen LogP contribution in [0.5, 0.6) is 5.75 Å². The van der Waals surface area contributed by atoms with Crippen LogP contribution in [0, 0.1) is 5.21 Å². The average Bonchev–Trinajstić information content (AvgIpc) is 3.04. The summed E-state index contributed by atoms with van der Waals surface area (Å²) in [5.74, 6) is -0.944. The van der Waals surface area contributed by atoms with Crippen LogP contribution < -0.4 is 20.5 Å². The number of hydroxylamine groups is 1. The molecular formula is C24H22N3O6-. The summed E-state index contributed by atoms with van der Waals surface area (Å²) in [6.45, 7) is 3.09. The Balaban J connectivity index is 1.40. The van der Waals surface area contributed by atoms with E-state index in [0.29, 0.717) is 5.06 Å². The van der Waals surface area contributed by atoms with Crippen LogP contribution in [0.1, 0.15) is 29.8 Å². The summed E-state index contributed by atoms with van der Waals surface area (Å²) in [6.07, 6.45) is -0.124. The van der Waals surface area contributed by atoms with Crippen LogP contribution >= 0.6 is 0 Å². The summed E-state index contributed by atoms with van der Waals surface area (Å²) in [5.41, 5.74) is -0.636. The van der Waals surface area contributed by atoms with Crippen molar-refractivity contribution in [1.29, 1.82) is 0 Å². The minimum Gasteiger partial charge on any atom is -0.756 e. The van der Waals surface area contributed by atoms with Gasteiger partial charge < -0.3 is 30.0 Å². The van der Waals surface area contributed by atoms with E-state index < -0.39 is 28.9 Å². The van der Waals surface area contributed by atoms with Crippen molar-refractivity contribution >= 4 is 23.2 Å². The smallest absolute Gasteiger partial charge is 0.257 e. The van der Waals surface area contributed by atoms with Gasteiger partial charge in [0, 0.05) is 23.5 Å². The number of nitrogens with zero attached hydrogens (tertiary/aromatic N) is 1. The zero-order valence-electron chi connectivity index (χ0n) is 18.0. The van der Waals surface area contributed by atoms with Gasteiger partial charge in [0.25, 0.3) is 5.91 Å². The molecule has 0 saturated heterocycles. The molecule has 4 rings (SSSR count). The molecule has 0 saturated carbocycles. The molecule has 1 aliphatic rings. The van der Waals surface area contributed by atoms with Crippen molar-refractivity contribution in [3.8, 4) is 5.75 Å². The van der Waals surface area contributed by atoms with E-state index in [2.05, 4.69) is 10.3 Å². The van der Waals surface area contributed by atoms with Gasteiger partial charge >= 0.3 is 0 Å². The molecule has 0 bridgehead atoms. The first kappa shape index (κ1) is 22.3. The minimum absolute atomic E-state index is 0.101. The van der Waals surface area contributed by atoms with Crippen LogP contribution in [0.4, 0.5) is 11.5 Å². The number of para-hydroxylation sites is 1. The number of Topliss-reactive ketones (excluding diaryl/α,β-unsaturated/α-hetero) is 1. The van der Waals surface area contributed by atoms with Crippen molar-refractivity contribution in [1.82, 2.24) is 4.98 Å². The Morgan fingerprint density at radius 2 is 1.82 bits per heavy atom. The van der Waals surface area contributed by atoms with E-state index in [-0.39, 0.29) is 29.4 Å². The van der Waals surface area contributed by atoms with Gasteiger partial charge in [-0.25, -0.2) is 0 Å². The first-order valence-electron chi connectivity index (χ1n) is 10.2. The molecule has 2 heterocycles. The van der Waals surface area contributed by atoms with Crippen LogP contribution in [-0.2, 0) is 16.1 Å². The maximum atomic E-state index is 12.8. The lowest BCUT2D eigenvalue weighted by molar-refractivity contribution is -0.140. The number of hydrogen-bond acceptors (Lipinski definition) is 7. The van der Waals surface area contributed by atoms with E-state index in [1.165, 1.54) is 38.2 Å².